The second kappa shape index (κ2) is 4.49. The van der Waals surface area contributed by atoms with Gasteiger partial charge in [-0.3, -0.25) is 9.88 Å². The summed E-state index contributed by atoms with van der Waals surface area (Å²) in [7, 11) is 0. The number of hydrogen-bond donors (Lipinski definition) is 0. The molecule has 0 bridgehead atoms. The van der Waals surface area contributed by atoms with Gasteiger partial charge in [-0.2, -0.15) is 0 Å². The highest BCUT2D eigenvalue weighted by Gasteiger charge is 2.35. The highest BCUT2D eigenvalue weighted by Crippen LogP contribution is 2.21. The van der Waals surface area contributed by atoms with E-state index in [0.29, 0.717) is 12.1 Å². The number of pyridine rings is 1. The van der Waals surface area contributed by atoms with Gasteiger partial charge in [0.1, 0.15) is 0 Å². The molecule has 1 aromatic rings. The minimum atomic E-state index is 0.564. The van der Waals surface area contributed by atoms with E-state index < -0.39 is 0 Å². The Morgan fingerprint density at radius 2 is 1.88 bits per heavy atom. The lowest BCUT2D eigenvalue weighted by molar-refractivity contribution is -0.140. The van der Waals surface area contributed by atoms with Gasteiger partial charge in [0.2, 0.25) is 0 Å². The molecule has 3 heterocycles. The molecule has 86 valence electrons. The SMILES string of the molecule is c1cncc(CN(C2COC2)C2COC2)c1. The minimum absolute atomic E-state index is 0.564. The average Bonchev–Trinajstić information content (AvgIpc) is 2.13. The van der Waals surface area contributed by atoms with Crippen LogP contribution >= 0.6 is 0 Å². The molecule has 4 nitrogen and oxygen atoms in total. The van der Waals surface area contributed by atoms with Gasteiger partial charge in [-0.25, -0.2) is 0 Å². The smallest absolute Gasteiger partial charge is 0.0645 e. The monoisotopic (exact) mass is 220 g/mol. The molecule has 0 unspecified atom stereocenters. The van der Waals surface area contributed by atoms with E-state index in [1.807, 2.05) is 18.5 Å². The first kappa shape index (κ1) is 10.2. The molecule has 0 spiro atoms. The zero-order valence-corrected chi connectivity index (χ0v) is 9.21. The van der Waals surface area contributed by atoms with Crippen molar-refractivity contribution in [2.75, 3.05) is 26.4 Å². The maximum Gasteiger partial charge on any atom is 0.0645 e. The second-order valence-corrected chi connectivity index (χ2v) is 4.42. The van der Waals surface area contributed by atoms with Crippen LogP contribution < -0.4 is 0 Å². The summed E-state index contributed by atoms with van der Waals surface area (Å²) in [4.78, 5) is 6.65. The van der Waals surface area contributed by atoms with Crippen molar-refractivity contribution in [2.24, 2.45) is 0 Å². The predicted octanol–water partition coefficient (Wildman–Crippen LogP) is 0.681. The van der Waals surface area contributed by atoms with E-state index in [0.717, 1.165) is 33.0 Å². The van der Waals surface area contributed by atoms with Crippen molar-refractivity contribution in [1.29, 1.82) is 0 Å². The van der Waals surface area contributed by atoms with E-state index in [2.05, 4.69) is 16.0 Å². The minimum Gasteiger partial charge on any atom is -0.378 e. The fourth-order valence-corrected chi connectivity index (χ4v) is 2.09. The highest BCUT2D eigenvalue weighted by molar-refractivity contribution is 5.09. The van der Waals surface area contributed by atoms with Gasteiger partial charge in [-0.1, -0.05) is 6.07 Å². The third-order valence-corrected chi connectivity index (χ3v) is 3.27. The van der Waals surface area contributed by atoms with Crippen LogP contribution in [0.1, 0.15) is 5.56 Å². The Balaban J connectivity index is 1.68. The Hall–Kier alpha value is -0.970. The Morgan fingerprint density at radius 1 is 1.19 bits per heavy atom. The zero-order valence-electron chi connectivity index (χ0n) is 9.21. The van der Waals surface area contributed by atoms with Crippen molar-refractivity contribution in [3.8, 4) is 0 Å². The van der Waals surface area contributed by atoms with E-state index in [4.69, 9.17) is 9.47 Å². The molecule has 0 atom stereocenters. The molecular weight excluding hydrogens is 204 g/mol. The fourth-order valence-electron chi connectivity index (χ4n) is 2.09. The van der Waals surface area contributed by atoms with Crippen molar-refractivity contribution in [3.05, 3.63) is 30.1 Å². The molecule has 2 saturated heterocycles. The molecule has 0 aromatic carbocycles. The van der Waals surface area contributed by atoms with E-state index in [1.54, 1.807) is 0 Å². The topological polar surface area (TPSA) is 34.6 Å². The van der Waals surface area contributed by atoms with Crippen LogP contribution in [0.3, 0.4) is 0 Å². The van der Waals surface area contributed by atoms with Gasteiger partial charge < -0.3 is 9.47 Å². The Labute approximate surface area is 95.2 Å². The molecule has 2 fully saturated rings. The third-order valence-electron chi connectivity index (χ3n) is 3.27. The summed E-state index contributed by atoms with van der Waals surface area (Å²) in [6, 6.07) is 5.24. The molecule has 16 heavy (non-hydrogen) atoms. The number of aromatic nitrogens is 1. The Morgan fingerprint density at radius 3 is 2.31 bits per heavy atom. The molecule has 0 N–H and O–H groups in total. The van der Waals surface area contributed by atoms with E-state index in [1.165, 1.54) is 5.56 Å². The van der Waals surface area contributed by atoms with Gasteiger partial charge in [-0.15, -0.1) is 0 Å². The lowest BCUT2D eigenvalue weighted by Crippen LogP contribution is -2.58. The van der Waals surface area contributed by atoms with Gasteiger partial charge in [-0.05, 0) is 11.6 Å². The number of rotatable bonds is 4. The van der Waals surface area contributed by atoms with Gasteiger partial charge >= 0.3 is 0 Å². The lowest BCUT2D eigenvalue weighted by Gasteiger charge is -2.45. The first-order valence-electron chi connectivity index (χ1n) is 5.73. The molecule has 0 amide bonds. The maximum absolute atomic E-state index is 5.27. The summed E-state index contributed by atoms with van der Waals surface area (Å²) in [6.07, 6.45) is 3.75. The van der Waals surface area contributed by atoms with Crippen LogP contribution in [0.5, 0.6) is 0 Å². The molecular formula is C12H16N2O2. The van der Waals surface area contributed by atoms with Crippen molar-refractivity contribution in [3.63, 3.8) is 0 Å². The molecule has 2 aliphatic heterocycles. The first-order valence-corrected chi connectivity index (χ1v) is 5.73. The number of hydrogen-bond acceptors (Lipinski definition) is 4. The summed E-state index contributed by atoms with van der Waals surface area (Å²) in [5, 5.41) is 0. The van der Waals surface area contributed by atoms with Crippen molar-refractivity contribution >= 4 is 0 Å². The summed E-state index contributed by atoms with van der Waals surface area (Å²) < 4.78 is 10.5. The quantitative estimate of drug-likeness (QED) is 0.747. The first-order chi connectivity index (χ1) is 7.93. The largest absolute Gasteiger partial charge is 0.378 e. The molecule has 1 aromatic heterocycles. The van der Waals surface area contributed by atoms with Gasteiger partial charge in [0.25, 0.3) is 0 Å². The lowest BCUT2D eigenvalue weighted by atomic mass is 10.1. The molecule has 0 aliphatic carbocycles. The molecule has 3 rings (SSSR count). The van der Waals surface area contributed by atoms with Crippen LogP contribution in [0, 0.1) is 0 Å². The molecule has 0 saturated carbocycles. The maximum atomic E-state index is 5.27. The Kier molecular flexibility index (Phi) is 2.86. The Bertz CT molecular complexity index is 322. The van der Waals surface area contributed by atoms with Crippen LogP contribution in [0.2, 0.25) is 0 Å². The standard InChI is InChI=1S/C12H16N2O2/c1-2-10(4-13-3-1)5-14(11-6-15-7-11)12-8-16-9-12/h1-4,11-12H,5-9H2. The van der Waals surface area contributed by atoms with Crippen LogP contribution in [-0.4, -0.2) is 48.4 Å². The number of nitrogens with zero attached hydrogens (tertiary/aromatic N) is 2. The summed E-state index contributed by atoms with van der Waals surface area (Å²) in [6.45, 7) is 4.39. The summed E-state index contributed by atoms with van der Waals surface area (Å²) in [5.74, 6) is 0. The van der Waals surface area contributed by atoms with Gasteiger partial charge in [0.15, 0.2) is 0 Å². The normalized spacial score (nSPS) is 21.8. The van der Waals surface area contributed by atoms with Crippen molar-refractivity contribution in [2.45, 2.75) is 18.6 Å². The highest BCUT2D eigenvalue weighted by atomic mass is 16.5. The summed E-state index contributed by atoms with van der Waals surface area (Å²) in [5.41, 5.74) is 1.27. The van der Waals surface area contributed by atoms with Crippen LogP contribution in [0.4, 0.5) is 0 Å². The molecule has 0 radical (unpaired) electrons. The van der Waals surface area contributed by atoms with E-state index in [9.17, 15) is 0 Å². The number of ether oxygens (including phenoxy) is 2. The third kappa shape index (κ3) is 1.96. The van der Waals surface area contributed by atoms with E-state index in [-0.39, 0.29) is 0 Å². The fraction of sp³-hybridized carbons (Fsp3) is 0.583. The molecule has 4 heteroatoms. The van der Waals surface area contributed by atoms with Crippen molar-refractivity contribution < 1.29 is 9.47 Å². The summed E-state index contributed by atoms with van der Waals surface area (Å²) >= 11 is 0. The second-order valence-electron chi connectivity index (χ2n) is 4.42. The predicted molar refractivity (Wildman–Crippen MR) is 59.0 cm³/mol. The van der Waals surface area contributed by atoms with Crippen LogP contribution in [0.25, 0.3) is 0 Å². The van der Waals surface area contributed by atoms with Gasteiger partial charge in [0, 0.05) is 18.9 Å². The molecule has 2 aliphatic rings. The zero-order chi connectivity index (χ0) is 10.8. The van der Waals surface area contributed by atoms with E-state index >= 15 is 0 Å². The van der Waals surface area contributed by atoms with Crippen molar-refractivity contribution in [1.82, 2.24) is 9.88 Å². The van der Waals surface area contributed by atoms with Gasteiger partial charge in [0.05, 0.1) is 38.5 Å². The average molecular weight is 220 g/mol. The van der Waals surface area contributed by atoms with Crippen LogP contribution in [0.15, 0.2) is 24.5 Å². The van der Waals surface area contributed by atoms with Crippen LogP contribution in [-0.2, 0) is 16.0 Å².